The first-order valence-corrected chi connectivity index (χ1v) is 12.1. The molecule has 0 aliphatic rings. The second kappa shape index (κ2) is 13.9. The van der Waals surface area contributed by atoms with Crippen LogP contribution in [0.5, 0.6) is 11.5 Å². The number of hydrogen-bond donors (Lipinski definition) is 3. The molecule has 0 bridgehead atoms. The van der Waals surface area contributed by atoms with Crippen LogP contribution in [0.4, 0.5) is 11.5 Å². The second-order valence-electron chi connectivity index (χ2n) is 6.93. The fourth-order valence-corrected chi connectivity index (χ4v) is 2.68. The Kier molecular flexibility index (Phi) is 11.0. The van der Waals surface area contributed by atoms with Gasteiger partial charge in [-0.3, -0.25) is 15.4 Å². The van der Waals surface area contributed by atoms with Gasteiger partial charge in [-0.1, -0.05) is 12.0 Å². The van der Waals surface area contributed by atoms with Gasteiger partial charge < -0.3 is 18.9 Å². The van der Waals surface area contributed by atoms with Gasteiger partial charge in [-0.25, -0.2) is 9.97 Å². The van der Waals surface area contributed by atoms with Crippen molar-refractivity contribution in [2.75, 3.05) is 57.8 Å². The summed E-state index contributed by atoms with van der Waals surface area (Å²) in [6, 6.07) is 11.2. The van der Waals surface area contributed by atoms with Gasteiger partial charge in [0.05, 0.1) is 30.7 Å². The van der Waals surface area contributed by atoms with E-state index in [1.165, 1.54) is 6.33 Å². The molecule has 35 heavy (non-hydrogen) atoms. The molecule has 0 atom stereocenters. The molecule has 3 aromatic rings. The largest absolute Gasteiger partial charge is 0.487 e. The maximum Gasteiger partial charge on any atom is 0.261 e. The first-order valence-electron chi connectivity index (χ1n) is 10.3. The normalized spacial score (nSPS) is 10.6. The highest BCUT2D eigenvalue weighted by Gasteiger charge is 2.12. The molecule has 0 unspecified atom stereocenters. The predicted octanol–water partition coefficient (Wildman–Crippen LogP) is 2.60. The minimum Gasteiger partial charge on any atom is -0.487 e. The van der Waals surface area contributed by atoms with Gasteiger partial charge in [-0.05, 0) is 24.3 Å². The number of hydrogen-bond acceptors (Lipinski definition) is 10. The summed E-state index contributed by atoms with van der Waals surface area (Å²) in [6.07, 6.45) is 7.66. The zero-order valence-corrected chi connectivity index (χ0v) is 20.5. The highest BCUT2D eigenvalue weighted by molar-refractivity contribution is 7.85. The summed E-state index contributed by atoms with van der Waals surface area (Å²) in [7, 11) is -0.423. The van der Waals surface area contributed by atoms with Crippen LogP contribution in [0.1, 0.15) is 5.56 Å². The van der Waals surface area contributed by atoms with Crippen molar-refractivity contribution in [1.82, 2.24) is 9.97 Å². The van der Waals surface area contributed by atoms with Crippen molar-refractivity contribution in [3.05, 3.63) is 48.3 Å². The molecule has 1 aromatic heterocycles. The van der Waals surface area contributed by atoms with Crippen LogP contribution in [0.25, 0.3) is 10.9 Å². The van der Waals surface area contributed by atoms with Crippen LogP contribution in [-0.4, -0.2) is 69.8 Å². The number of terminal acetylenes is 1. The number of methoxy groups -OCH3 is 2. The molecule has 0 aliphatic carbocycles. The first kappa shape index (κ1) is 27.6. The van der Waals surface area contributed by atoms with Crippen LogP contribution >= 0.6 is 0 Å². The summed E-state index contributed by atoms with van der Waals surface area (Å²) < 4.78 is 47.7. The Morgan fingerprint density at radius 3 is 2.20 bits per heavy atom. The Morgan fingerprint density at radius 1 is 0.971 bits per heavy atom. The quantitative estimate of drug-likeness (QED) is 0.154. The number of anilines is 2. The molecule has 0 saturated carbocycles. The lowest BCUT2D eigenvalue weighted by molar-refractivity contribution is 0.132. The van der Waals surface area contributed by atoms with Gasteiger partial charge in [0.25, 0.3) is 10.1 Å². The minimum atomic E-state index is -3.67. The molecule has 0 fully saturated rings. The van der Waals surface area contributed by atoms with Gasteiger partial charge in [0.2, 0.25) is 0 Å². The number of ether oxygens (including phenoxy) is 4. The van der Waals surface area contributed by atoms with Crippen molar-refractivity contribution in [2.45, 2.75) is 0 Å². The molecule has 1 heterocycles. The second-order valence-corrected chi connectivity index (χ2v) is 8.40. The maximum atomic E-state index is 9.19. The third-order valence-corrected chi connectivity index (χ3v) is 4.15. The van der Waals surface area contributed by atoms with E-state index >= 15 is 0 Å². The Morgan fingerprint density at radius 2 is 1.60 bits per heavy atom. The van der Waals surface area contributed by atoms with Crippen LogP contribution in [0.2, 0.25) is 0 Å². The third kappa shape index (κ3) is 10.0. The van der Waals surface area contributed by atoms with Gasteiger partial charge >= 0.3 is 0 Å². The molecule has 0 amide bonds. The smallest absolute Gasteiger partial charge is 0.261 e. The van der Waals surface area contributed by atoms with Gasteiger partial charge in [0.15, 0.2) is 17.3 Å². The molecule has 0 saturated heterocycles. The summed E-state index contributed by atoms with van der Waals surface area (Å²) >= 11 is 0. The number of aromatic nitrogens is 2. The molecular weight excluding hydrogens is 476 g/mol. The van der Waals surface area contributed by atoms with Crippen molar-refractivity contribution in [3.63, 3.8) is 0 Å². The Bertz CT molecular complexity index is 1240. The van der Waals surface area contributed by atoms with E-state index in [9.17, 15) is 8.42 Å². The number of benzene rings is 2. The number of hydrazine groups is 1. The number of fused-ring (bicyclic) bond motifs is 1. The zero-order chi connectivity index (χ0) is 25.7. The van der Waals surface area contributed by atoms with E-state index in [4.69, 9.17) is 29.9 Å². The van der Waals surface area contributed by atoms with E-state index in [-0.39, 0.29) is 0 Å². The SMILES string of the molecule is C#Cc1cccc(NNc2ncnc3cc(OCCOC)c(OCCOC)cc23)c1.CS(=O)(=O)O. The fourth-order valence-electron chi connectivity index (χ4n) is 2.68. The van der Waals surface area contributed by atoms with Crippen LogP contribution in [0.15, 0.2) is 42.7 Å². The van der Waals surface area contributed by atoms with E-state index in [0.29, 0.717) is 55.5 Å². The first-order chi connectivity index (χ1) is 16.7. The van der Waals surface area contributed by atoms with E-state index in [2.05, 4.69) is 26.7 Å². The molecule has 3 rings (SSSR count). The summed E-state index contributed by atoms with van der Waals surface area (Å²) in [5.41, 5.74) is 8.52. The predicted molar refractivity (Wildman–Crippen MR) is 133 cm³/mol. The summed E-state index contributed by atoms with van der Waals surface area (Å²) in [4.78, 5) is 8.69. The zero-order valence-electron chi connectivity index (χ0n) is 19.6. The van der Waals surface area contributed by atoms with Crippen LogP contribution in [0.3, 0.4) is 0 Å². The average Bonchev–Trinajstić information content (AvgIpc) is 2.82. The Balaban J connectivity index is 0.000000784. The van der Waals surface area contributed by atoms with Crippen molar-refractivity contribution in [3.8, 4) is 23.8 Å². The topological polar surface area (TPSA) is 141 Å². The molecular formula is C23H28N4O7S. The highest BCUT2D eigenvalue weighted by atomic mass is 32.2. The molecule has 3 N–H and O–H groups in total. The summed E-state index contributed by atoms with van der Waals surface area (Å²) in [5.74, 6) is 4.35. The van der Waals surface area contributed by atoms with Gasteiger partial charge in [0.1, 0.15) is 19.5 Å². The molecule has 12 heteroatoms. The van der Waals surface area contributed by atoms with Crippen LogP contribution in [-0.2, 0) is 19.6 Å². The monoisotopic (exact) mass is 504 g/mol. The lowest BCUT2D eigenvalue weighted by Crippen LogP contribution is -2.11. The van der Waals surface area contributed by atoms with Crippen molar-refractivity contribution < 1.29 is 31.9 Å². The van der Waals surface area contributed by atoms with E-state index in [1.54, 1.807) is 14.2 Å². The number of nitrogens with zero attached hydrogens (tertiary/aromatic N) is 2. The summed E-state index contributed by atoms with van der Waals surface area (Å²) in [6.45, 7) is 1.70. The van der Waals surface area contributed by atoms with Crippen molar-refractivity contribution in [1.29, 1.82) is 0 Å². The van der Waals surface area contributed by atoms with E-state index in [1.807, 2.05) is 36.4 Å². The molecule has 2 aromatic carbocycles. The molecule has 0 spiro atoms. The summed E-state index contributed by atoms with van der Waals surface area (Å²) in [5, 5.41) is 0.768. The fraction of sp³-hybridized carbons (Fsp3) is 0.304. The third-order valence-electron chi connectivity index (χ3n) is 4.15. The lowest BCUT2D eigenvalue weighted by atomic mass is 10.2. The van der Waals surface area contributed by atoms with Crippen molar-refractivity contribution in [2.24, 2.45) is 0 Å². The van der Waals surface area contributed by atoms with Gasteiger partial charge in [-0.2, -0.15) is 8.42 Å². The number of nitrogens with one attached hydrogen (secondary N) is 2. The standard InChI is InChI=1S/C22H24N4O4.CH4O3S/c1-4-16-6-5-7-17(12-16)25-26-22-18-13-20(29-10-8-27-2)21(30-11-9-28-3)14-19(18)23-15-24-22;1-5(2,3)4/h1,5-7,12-15,25H,8-11H2,2-3H3,(H,23,24,26);1H3,(H,2,3,4). The maximum absolute atomic E-state index is 9.19. The lowest BCUT2D eigenvalue weighted by Gasteiger charge is -2.15. The molecule has 0 aliphatic heterocycles. The average molecular weight is 505 g/mol. The Labute approximate surface area is 204 Å². The van der Waals surface area contributed by atoms with Gasteiger partial charge in [0, 0.05) is 31.2 Å². The van der Waals surface area contributed by atoms with Crippen LogP contribution < -0.4 is 20.3 Å². The Hall–Kier alpha value is -3.63. The van der Waals surface area contributed by atoms with Gasteiger partial charge in [-0.15, -0.1) is 6.42 Å². The molecule has 11 nitrogen and oxygen atoms in total. The van der Waals surface area contributed by atoms with Crippen LogP contribution in [0, 0.1) is 12.3 Å². The minimum absolute atomic E-state index is 0.385. The van der Waals surface area contributed by atoms with E-state index in [0.717, 1.165) is 16.6 Å². The molecule has 188 valence electrons. The number of rotatable bonds is 11. The molecule has 0 radical (unpaired) electrons. The van der Waals surface area contributed by atoms with E-state index < -0.39 is 10.1 Å². The highest BCUT2D eigenvalue weighted by Crippen LogP contribution is 2.34. The van der Waals surface area contributed by atoms with Crippen molar-refractivity contribution >= 4 is 32.5 Å².